The van der Waals surface area contributed by atoms with Gasteiger partial charge in [0.1, 0.15) is 5.56 Å². The average Bonchev–Trinajstić information content (AvgIpc) is 2.63. The summed E-state index contributed by atoms with van der Waals surface area (Å²) in [6.45, 7) is 5.49. The molecule has 1 N–H and O–H groups in total. The lowest BCUT2D eigenvalue weighted by Crippen LogP contribution is -2.20. The van der Waals surface area contributed by atoms with E-state index in [0.29, 0.717) is 24.1 Å². The average molecular weight is 239 g/mol. The van der Waals surface area contributed by atoms with Gasteiger partial charge in [0, 0.05) is 6.54 Å². The van der Waals surface area contributed by atoms with Gasteiger partial charge in [0.25, 0.3) is 0 Å². The minimum Gasteiger partial charge on any atom is -0.478 e. The summed E-state index contributed by atoms with van der Waals surface area (Å²) in [4.78, 5) is 13.3. The SMILES string of the molecule is CCc1nn(CCN(C)C)c(CC)c1C(=O)O. The Morgan fingerprint density at radius 3 is 2.41 bits per heavy atom. The molecule has 0 radical (unpaired) electrons. The summed E-state index contributed by atoms with van der Waals surface area (Å²) in [5.41, 5.74) is 1.91. The Hall–Kier alpha value is -1.36. The van der Waals surface area contributed by atoms with Crippen LogP contribution in [0.2, 0.25) is 0 Å². The van der Waals surface area contributed by atoms with E-state index in [1.807, 2.05) is 32.6 Å². The normalized spacial score (nSPS) is 11.1. The zero-order valence-corrected chi connectivity index (χ0v) is 11.0. The highest BCUT2D eigenvalue weighted by Crippen LogP contribution is 2.16. The van der Waals surface area contributed by atoms with Crippen molar-refractivity contribution in [1.29, 1.82) is 0 Å². The van der Waals surface area contributed by atoms with Gasteiger partial charge in [0.05, 0.1) is 17.9 Å². The second-order valence-electron chi connectivity index (χ2n) is 4.31. The Morgan fingerprint density at radius 2 is 2.00 bits per heavy atom. The van der Waals surface area contributed by atoms with E-state index in [1.165, 1.54) is 0 Å². The standard InChI is InChI=1S/C12H21N3O2/c1-5-9-11(12(16)17)10(6-2)15(13-9)8-7-14(3)4/h5-8H2,1-4H3,(H,16,17). The molecular formula is C12H21N3O2. The van der Waals surface area contributed by atoms with Gasteiger partial charge < -0.3 is 10.0 Å². The number of hydrogen-bond acceptors (Lipinski definition) is 3. The molecule has 0 bridgehead atoms. The number of carboxylic acids is 1. The predicted octanol–water partition coefficient (Wildman–Crippen LogP) is 1.27. The van der Waals surface area contributed by atoms with Gasteiger partial charge in [-0.1, -0.05) is 13.8 Å². The van der Waals surface area contributed by atoms with Crippen LogP contribution < -0.4 is 0 Å². The number of hydrogen-bond donors (Lipinski definition) is 1. The van der Waals surface area contributed by atoms with Crippen molar-refractivity contribution in [3.05, 3.63) is 17.0 Å². The maximum atomic E-state index is 11.2. The molecule has 0 amide bonds. The Kier molecular flexibility index (Phi) is 4.69. The molecule has 17 heavy (non-hydrogen) atoms. The first-order chi connectivity index (χ1) is 8.01. The number of aromatic carboxylic acids is 1. The van der Waals surface area contributed by atoms with E-state index in [1.54, 1.807) is 0 Å². The summed E-state index contributed by atoms with van der Waals surface area (Å²) >= 11 is 0. The monoisotopic (exact) mass is 239 g/mol. The second kappa shape index (κ2) is 5.82. The van der Waals surface area contributed by atoms with Gasteiger partial charge in [-0.2, -0.15) is 5.10 Å². The molecule has 1 aromatic heterocycles. The third-order valence-electron chi connectivity index (χ3n) is 2.77. The molecule has 0 aliphatic carbocycles. The first kappa shape index (κ1) is 13.7. The van der Waals surface area contributed by atoms with Gasteiger partial charge in [-0.15, -0.1) is 0 Å². The van der Waals surface area contributed by atoms with Gasteiger partial charge >= 0.3 is 5.97 Å². The van der Waals surface area contributed by atoms with Crippen LogP contribution in [0.3, 0.4) is 0 Å². The van der Waals surface area contributed by atoms with E-state index < -0.39 is 5.97 Å². The molecule has 0 aliphatic rings. The van der Waals surface area contributed by atoms with E-state index in [0.717, 1.165) is 18.8 Å². The zero-order chi connectivity index (χ0) is 13.0. The number of rotatable bonds is 6. The minimum absolute atomic E-state index is 0.397. The quantitative estimate of drug-likeness (QED) is 0.812. The Balaban J connectivity index is 3.09. The van der Waals surface area contributed by atoms with Crippen LogP contribution in [0.15, 0.2) is 0 Å². The summed E-state index contributed by atoms with van der Waals surface area (Å²) in [6, 6.07) is 0. The Bertz CT molecular complexity index is 397. The molecule has 0 atom stereocenters. The zero-order valence-electron chi connectivity index (χ0n) is 11.0. The summed E-state index contributed by atoms with van der Waals surface area (Å²) in [5.74, 6) is -0.866. The lowest BCUT2D eigenvalue weighted by Gasteiger charge is -2.11. The molecule has 0 aliphatic heterocycles. The topological polar surface area (TPSA) is 58.4 Å². The van der Waals surface area contributed by atoms with Crippen LogP contribution in [-0.4, -0.2) is 46.4 Å². The maximum absolute atomic E-state index is 11.2. The van der Waals surface area contributed by atoms with Crippen molar-refractivity contribution in [2.75, 3.05) is 20.6 Å². The molecule has 1 aromatic rings. The number of aromatic nitrogens is 2. The highest BCUT2D eigenvalue weighted by atomic mass is 16.4. The second-order valence-corrected chi connectivity index (χ2v) is 4.31. The summed E-state index contributed by atoms with van der Waals surface area (Å²) < 4.78 is 1.84. The summed E-state index contributed by atoms with van der Waals surface area (Å²) in [7, 11) is 3.99. The smallest absolute Gasteiger partial charge is 0.339 e. The molecule has 1 rings (SSSR count). The number of nitrogens with zero attached hydrogens (tertiary/aromatic N) is 3. The van der Waals surface area contributed by atoms with Gasteiger partial charge in [-0.3, -0.25) is 4.68 Å². The van der Waals surface area contributed by atoms with Crippen LogP contribution in [0, 0.1) is 0 Å². The van der Waals surface area contributed by atoms with Crippen molar-refractivity contribution < 1.29 is 9.90 Å². The van der Waals surface area contributed by atoms with E-state index in [2.05, 4.69) is 10.00 Å². The third-order valence-corrected chi connectivity index (χ3v) is 2.77. The molecule has 5 nitrogen and oxygen atoms in total. The minimum atomic E-state index is -0.866. The molecule has 0 aromatic carbocycles. The Morgan fingerprint density at radius 1 is 1.35 bits per heavy atom. The van der Waals surface area contributed by atoms with Crippen molar-refractivity contribution in [1.82, 2.24) is 14.7 Å². The molecule has 96 valence electrons. The number of carbonyl (C=O) groups is 1. The van der Waals surface area contributed by atoms with Gasteiger partial charge in [-0.05, 0) is 26.9 Å². The lowest BCUT2D eigenvalue weighted by atomic mass is 10.1. The molecule has 0 saturated carbocycles. The maximum Gasteiger partial charge on any atom is 0.339 e. The highest BCUT2D eigenvalue weighted by molar-refractivity contribution is 5.90. The number of carboxylic acid groups (broad SMARTS) is 1. The third kappa shape index (κ3) is 3.06. The molecule has 1 heterocycles. The fraction of sp³-hybridized carbons (Fsp3) is 0.667. The van der Waals surface area contributed by atoms with Gasteiger partial charge in [-0.25, -0.2) is 4.79 Å². The summed E-state index contributed by atoms with van der Waals surface area (Å²) in [5, 5.41) is 13.6. The first-order valence-electron chi connectivity index (χ1n) is 5.97. The summed E-state index contributed by atoms with van der Waals surface area (Å²) in [6.07, 6.45) is 1.35. The first-order valence-corrected chi connectivity index (χ1v) is 5.97. The fourth-order valence-electron chi connectivity index (χ4n) is 1.89. The molecule has 5 heteroatoms. The Labute approximate surface area is 102 Å². The predicted molar refractivity (Wildman–Crippen MR) is 66.5 cm³/mol. The van der Waals surface area contributed by atoms with Crippen LogP contribution in [0.5, 0.6) is 0 Å². The van der Waals surface area contributed by atoms with Crippen LogP contribution >= 0.6 is 0 Å². The van der Waals surface area contributed by atoms with Crippen LogP contribution in [0.25, 0.3) is 0 Å². The van der Waals surface area contributed by atoms with Crippen LogP contribution in [0.4, 0.5) is 0 Å². The van der Waals surface area contributed by atoms with Crippen molar-refractivity contribution >= 4 is 5.97 Å². The largest absolute Gasteiger partial charge is 0.478 e. The molecule has 0 fully saturated rings. The molecule has 0 unspecified atom stereocenters. The molecule has 0 spiro atoms. The fourth-order valence-corrected chi connectivity index (χ4v) is 1.89. The van der Waals surface area contributed by atoms with Crippen LogP contribution in [0.1, 0.15) is 35.6 Å². The molecular weight excluding hydrogens is 218 g/mol. The van der Waals surface area contributed by atoms with Crippen molar-refractivity contribution in [3.63, 3.8) is 0 Å². The van der Waals surface area contributed by atoms with E-state index in [4.69, 9.17) is 0 Å². The van der Waals surface area contributed by atoms with E-state index in [9.17, 15) is 9.90 Å². The van der Waals surface area contributed by atoms with Gasteiger partial charge in [0.15, 0.2) is 0 Å². The highest BCUT2D eigenvalue weighted by Gasteiger charge is 2.20. The number of aryl methyl sites for hydroxylation is 1. The molecule has 0 saturated heterocycles. The van der Waals surface area contributed by atoms with Crippen molar-refractivity contribution in [3.8, 4) is 0 Å². The lowest BCUT2D eigenvalue weighted by molar-refractivity contribution is 0.0694. The van der Waals surface area contributed by atoms with Gasteiger partial charge in [0.2, 0.25) is 0 Å². The van der Waals surface area contributed by atoms with Crippen LogP contribution in [-0.2, 0) is 19.4 Å². The van der Waals surface area contributed by atoms with Crippen molar-refractivity contribution in [2.24, 2.45) is 0 Å². The number of likely N-dealkylation sites (N-methyl/N-ethyl adjacent to an activating group) is 1. The van der Waals surface area contributed by atoms with E-state index in [-0.39, 0.29) is 0 Å². The van der Waals surface area contributed by atoms with E-state index >= 15 is 0 Å². The van der Waals surface area contributed by atoms with Crippen molar-refractivity contribution in [2.45, 2.75) is 33.2 Å².